The van der Waals surface area contributed by atoms with E-state index in [2.05, 4.69) is 55.2 Å². The van der Waals surface area contributed by atoms with Gasteiger partial charge in [0.25, 0.3) is 0 Å². The van der Waals surface area contributed by atoms with Gasteiger partial charge in [0.1, 0.15) is 12.2 Å². The van der Waals surface area contributed by atoms with Gasteiger partial charge in [-0.1, -0.05) is 6.92 Å². The van der Waals surface area contributed by atoms with Crippen molar-refractivity contribution < 1.29 is 0 Å². The molecule has 5 heteroatoms. The molecule has 0 amide bonds. The molecule has 1 unspecified atom stereocenters. The summed E-state index contributed by atoms with van der Waals surface area (Å²) < 4.78 is 2.00. The van der Waals surface area contributed by atoms with Gasteiger partial charge in [-0.25, -0.2) is 9.67 Å². The van der Waals surface area contributed by atoms with Crippen molar-refractivity contribution in [3.63, 3.8) is 0 Å². The summed E-state index contributed by atoms with van der Waals surface area (Å²) in [6, 6.07) is 0.797. The fourth-order valence-corrected chi connectivity index (χ4v) is 2.00. The highest BCUT2D eigenvalue weighted by molar-refractivity contribution is 4.92. The van der Waals surface area contributed by atoms with Crippen molar-refractivity contribution in [1.29, 1.82) is 0 Å². The Bertz CT molecular complexity index is 318. The number of hydrogen-bond acceptors (Lipinski definition) is 4. The molecule has 1 N–H and O–H groups in total. The molecule has 1 heterocycles. The van der Waals surface area contributed by atoms with Crippen LogP contribution in [0.5, 0.6) is 0 Å². The van der Waals surface area contributed by atoms with Gasteiger partial charge >= 0.3 is 0 Å². The molecule has 0 bridgehead atoms. The maximum atomic E-state index is 4.36. The lowest BCUT2D eigenvalue weighted by Crippen LogP contribution is -2.40. The lowest BCUT2D eigenvalue weighted by atomic mass is 10.2. The summed E-state index contributed by atoms with van der Waals surface area (Å²) >= 11 is 0. The maximum absolute atomic E-state index is 4.36. The van der Waals surface area contributed by atoms with Crippen molar-refractivity contribution in [2.75, 3.05) is 27.2 Å². The van der Waals surface area contributed by atoms with Crippen molar-refractivity contribution in [3.05, 3.63) is 12.2 Å². The maximum Gasteiger partial charge on any atom is 0.138 e. The molecule has 0 fully saturated rings. The Kier molecular flexibility index (Phi) is 5.58. The van der Waals surface area contributed by atoms with E-state index in [0.29, 0.717) is 12.1 Å². The van der Waals surface area contributed by atoms with Crippen LogP contribution in [-0.2, 0) is 6.42 Å². The molecule has 0 saturated carbocycles. The van der Waals surface area contributed by atoms with E-state index in [-0.39, 0.29) is 0 Å². The molecule has 0 saturated heterocycles. The first-order valence-corrected chi connectivity index (χ1v) is 6.31. The standard InChI is InChI=1S/C12H25N5/c1-6-13-11(8-16(4)5)7-12-14-9-15-17(12)10(2)3/h9-11,13H,6-8H2,1-5H3. The predicted molar refractivity (Wildman–Crippen MR) is 70.1 cm³/mol. The number of nitrogens with zero attached hydrogens (tertiary/aromatic N) is 4. The van der Waals surface area contributed by atoms with Gasteiger partial charge in [-0.2, -0.15) is 5.10 Å². The van der Waals surface area contributed by atoms with E-state index in [1.165, 1.54) is 0 Å². The summed E-state index contributed by atoms with van der Waals surface area (Å²) in [6.07, 6.45) is 2.57. The fourth-order valence-electron chi connectivity index (χ4n) is 2.00. The normalized spacial score (nSPS) is 13.6. The summed E-state index contributed by atoms with van der Waals surface area (Å²) in [4.78, 5) is 6.56. The minimum absolute atomic E-state index is 0.370. The molecule has 0 aliphatic heterocycles. The zero-order chi connectivity index (χ0) is 12.8. The number of aromatic nitrogens is 3. The minimum atomic E-state index is 0.370. The van der Waals surface area contributed by atoms with Crippen LogP contribution in [0.2, 0.25) is 0 Å². The van der Waals surface area contributed by atoms with Crippen LogP contribution in [0.15, 0.2) is 6.33 Å². The second-order valence-electron chi connectivity index (χ2n) is 4.94. The zero-order valence-corrected chi connectivity index (χ0v) is 11.6. The molecule has 1 rings (SSSR count). The average Bonchev–Trinajstić information content (AvgIpc) is 2.65. The summed E-state index contributed by atoms with van der Waals surface area (Å²) in [5, 5.41) is 7.77. The van der Waals surface area contributed by atoms with Gasteiger partial charge in [-0.3, -0.25) is 0 Å². The van der Waals surface area contributed by atoms with Crippen molar-refractivity contribution in [3.8, 4) is 0 Å². The van der Waals surface area contributed by atoms with E-state index >= 15 is 0 Å². The lowest BCUT2D eigenvalue weighted by Gasteiger charge is -2.22. The minimum Gasteiger partial charge on any atom is -0.313 e. The molecule has 0 aliphatic rings. The third kappa shape index (κ3) is 4.44. The van der Waals surface area contributed by atoms with Gasteiger partial charge < -0.3 is 10.2 Å². The Morgan fingerprint density at radius 2 is 2.12 bits per heavy atom. The molecule has 5 nitrogen and oxygen atoms in total. The molecular formula is C12H25N5. The van der Waals surface area contributed by atoms with Crippen LogP contribution in [0, 0.1) is 0 Å². The lowest BCUT2D eigenvalue weighted by molar-refractivity contribution is 0.331. The van der Waals surface area contributed by atoms with Crippen LogP contribution in [0.25, 0.3) is 0 Å². The summed E-state index contributed by atoms with van der Waals surface area (Å²) in [6.45, 7) is 8.39. The quantitative estimate of drug-likeness (QED) is 0.769. The molecule has 0 aromatic carbocycles. The van der Waals surface area contributed by atoms with Crippen LogP contribution in [-0.4, -0.2) is 52.9 Å². The second kappa shape index (κ2) is 6.71. The topological polar surface area (TPSA) is 46.0 Å². The fraction of sp³-hybridized carbons (Fsp3) is 0.833. The van der Waals surface area contributed by atoms with Crippen LogP contribution in [0.4, 0.5) is 0 Å². The van der Waals surface area contributed by atoms with E-state index in [4.69, 9.17) is 0 Å². The van der Waals surface area contributed by atoms with E-state index in [0.717, 1.165) is 25.3 Å². The van der Waals surface area contributed by atoms with Crippen molar-refractivity contribution in [2.45, 2.75) is 39.3 Å². The summed E-state index contributed by atoms with van der Waals surface area (Å²) in [5.41, 5.74) is 0. The van der Waals surface area contributed by atoms with Crippen LogP contribution < -0.4 is 5.32 Å². The molecule has 0 spiro atoms. The monoisotopic (exact) mass is 239 g/mol. The first kappa shape index (κ1) is 14.1. The first-order chi connectivity index (χ1) is 8.04. The third-order valence-electron chi connectivity index (χ3n) is 2.64. The molecule has 17 heavy (non-hydrogen) atoms. The molecular weight excluding hydrogens is 214 g/mol. The van der Waals surface area contributed by atoms with Gasteiger partial charge in [-0.15, -0.1) is 0 Å². The van der Waals surface area contributed by atoms with Crippen LogP contribution >= 0.6 is 0 Å². The Labute approximate surface area is 104 Å². The summed E-state index contributed by atoms with van der Waals surface area (Å²) in [7, 11) is 4.19. The highest BCUT2D eigenvalue weighted by Gasteiger charge is 2.15. The molecule has 1 aromatic rings. The second-order valence-corrected chi connectivity index (χ2v) is 4.94. The highest BCUT2D eigenvalue weighted by atomic mass is 15.3. The van der Waals surface area contributed by atoms with E-state index in [9.17, 15) is 0 Å². The molecule has 98 valence electrons. The predicted octanol–water partition coefficient (Wildman–Crippen LogP) is 0.941. The molecule has 1 atom stereocenters. The van der Waals surface area contributed by atoms with Crippen LogP contribution in [0.3, 0.4) is 0 Å². The highest BCUT2D eigenvalue weighted by Crippen LogP contribution is 2.07. The number of hydrogen-bond donors (Lipinski definition) is 1. The van der Waals surface area contributed by atoms with E-state index in [1.54, 1.807) is 6.33 Å². The Morgan fingerprint density at radius 1 is 1.41 bits per heavy atom. The number of nitrogens with one attached hydrogen (secondary N) is 1. The van der Waals surface area contributed by atoms with Gasteiger partial charge in [0.05, 0.1) is 0 Å². The van der Waals surface area contributed by atoms with E-state index in [1.807, 2.05) is 4.68 Å². The first-order valence-electron chi connectivity index (χ1n) is 6.31. The van der Waals surface area contributed by atoms with Crippen molar-refractivity contribution >= 4 is 0 Å². The Morgan fingerprint density at radius 3 is 2.65 bits per heavy atom. The summed E-state index contributed by atoms with van der Waals surface area (Å²) in [5.74, 6) is 1.06. The molecule has 0 aliphatic carbocycles. The van der Waals surface area contributed by atoms with Crippen molar-refractivity contribution in [2.24, 2.45) is 0 Å². The SMILES string of the molecule is CCNC(Cc1ncnn1C(C)C)CN(C)C. The number of likely N-dealkylation sites (N-methyl/N-ethyl adjacent to an activating group) is 2. The molecule has 0 radical (unpaired) electrons. The van der Waals surface area contributed by atoms with Crippen molar-refractivity contribution in [1.82, 2.24) is 25.0 Å². The number of rotatable bonds is 7. The van der Waals surface area contributed by atoms with Gasteiger partial charge in [0.2, 0.25) is 0 Å². The average molecular weight is 239 g/mol. The Hall–Kier alpha value is -0.940. The molecule has 1 aromatic heterocycles. The van der Waals surface area contributed by atoms with Gasteiger partial charge in [-0.05, 0) is 34.5 Å². The van der Waals surface area contributed by atoms with Gasteiger partial charge in [0, 0.05) is 25.0 Å². The largest absolute Gasteiger partial charge is 0.313 e. The zero-order valence-electron chi connectivity index (χ0n) is 11.6. The van der Waals surface area contributed by atoms with Crippen LogP contribution in [0.1, 0.15) is 32.6 Å². The Balaban J connectivity index is 2.67. The van der Waals surface area contributed by atoms with E-state index < -0.39 is 0 Å². The van der Waals surface area contributed by atoms with Gasteiger partial charge in [0.15, 0.2) is 0 Å². The smallest absolute Gasteiger partial charge is 0.138 e. The third-order valence-corrected chi connectivity index (χ3v) is 2.64.